The summed E-state index contributed by atoms with van der Waals surface area (Å²) in [6.07, 6.45) is 9.35. The molecule has 2 aromatic heterocycles. The highest BCUT2D eigenvalue weighted by Crippen LogP contribution is 2.23. The molecule has 1 aromatic carbocycles. The Morgan fingerprint density at radius 1 is 1.20 bits per heavy atom. The highest BCUT2D eigenvalue weighted by atomic mass is 16.6. The first-order valence-electron chi connectivity index (χ1n) is 9.90. The standard InChI is InChI=1S/C21H24N6O3/c1-29-15-5-7-16(8-6-15)30-21(28)26-19(17-4-2-3-10-23-17)18-9-11-24-20(25-18)27-13-12-22-14-27/h5-9,11-14,17,19,23H,2-4,10H2,1H3,(H,26,28). The van der Waals surface area contributed by atoms with Gasteiger partial charge in [0.2, 0.25) is 5.95 Å². The van der Waals surface area contributed by atoms with Crippen LogP contribution in [0.1, 0.15) is 31.0 Å². The van der Waals surface area contributed by atoms with Gasteiger partial charge in [-0.25, -0.2) is 19.7 Å². The lowest BCUT2D eigenvalue weighted by Crippen LogP contribution is -2.47. The second-order valence-corrected chi connectivity index (χ2v) is 6.99. The predicted octanol–water partition coefficient (Wildman–Crippen LogP) is 2.64. The number of nitrogens with one attached hydrogen (secondary N) is 2. The summed E-state index contributed by atoms with van der Waals surface area (Å²) in [7, 11) is 1.59. The van der Waals surface area contributed by atoms with E-state index in [9.17, 15) is 4.79 Å². The Morgan fingerprint density at radius 3 is 2.73 bits per heavy atom. The molecule has 0 spiro atoms. The average molecular weight is 408 g/mol. The third-order valence-corrected chi connectivity index (χ3v) is 5.01. The largest absolute Gasteiger partial charge is 0.497 e. The number of benzene rings is 1. The number of aromatic nitrogens is 4. The van der Waals surface area contributed by atoms with Crippen molar-refractivity contribution in [3.05, 3.63) is 60.9 Å². The SMILES string of the molecule is COc1ccc(OC(=O)NC(c2ccnc(-n3ccnc3)n2)C2CCCCN2)cc1. The number of ether oxygens (including phenoxy) is 2. The fourth-order valence-corrected chi connectivity index (χ4v) is 3.49. The minimum Gasteiger partial charge on any atom is -0.497 e. The van der Waals surface area contributed by atoms with Crippen LogP contribution >= 0.6 is 0 Å². The van der Waals surface area contributed by atoms with Crippen molar-refractivity contribution in [2.45, 2.75) is 31.3 Å². The Kier molecular flexibility index (Phi) is 6.19. The fourth-order valence-electron chi connectivity index (χ4n) is 3.49. The van der Waals surface area contributed by atoms with E-state index in [1.807, 2.05) is 6.07 Å². The van der Waals surface area contributed by atoms with Crippen LogP contribution in [-0.2, 0) is 0 Å². The third-order valence-electron chi connectivity index (χ3n) is 5.01. The van der Waals surface area contributed by atoms with Crippen LogP contribution in [0.2, 0.25) is 0 Å². The van der Waals surface area contributed by atoms with E-state index in [2.05, 4.69) is 25.6 Å². The molecular weight excluding hydrogens is 384 g/mol. The topological polar surface area (TPSA) is 103 Å². The number of amides is 1. The van der Waals surface area contributed by atoms with Gasteiger partial charge in [-0.3, -0.25) is 4.57 Å². The highest BCUT2D eigenvalue weighted by molar-refractivity contribution is 5.71. The molecule has 3 aromatic rings. The van der Waals surface area contributed by atoms with Crippen LogP contribution in [0.3, 0.4) is 0 Å². The summed E-state index contributed by atoms with van der Waals surface area (Å²) in [6.45, 7) is 0.899. The molecule has 9 heteroatoms. The molecule has 1 aliphatic rings. The molecule has 1 saturated heterocycles. The quantitative estimate of drug-likeness (QED) is 0.646. The lowest BCUT2D eigenvalue weighted by molar-refractivity contribution is 0.189. The average Bonchev–Trinajstić information content (AvgIpc) is 3.34. The van der Waals surface area contributed by atoms with Crippen molar-refractivity contribution >= 4 is 6.09 Å². The van der Waals surface area contributed by atoms with E-state index in [1.165, 1.54) is 0 Å². The zero-order chi connectivity index (χ0) is 20.8. The van der Waals surface area contributed by atoms with Crippen molar-refractivity contribution in [1.82, 2.24) is 30.2 Å². The summed E-state index contributed by atoms with van der Waals surface area (Å²) in [4.78, 5) is 25.7. The number of hydrogen-bond acceptors (Lipinski definition) is 7. The fraction of sp³-hybridized carbons (Fsp3) is 0.333. The van der Waals surface area contributed by atoms with Gasteiger partial charge in [0.1, 0.15) is 17.8 Å². The van der Waals surface area contributed by atoms with Gasteiger partial charge in [0.25, 0.3) is 0 Å². The Morgan fingerprint density at radius 2 is 2.03 bits per heavy atom. The van der Waals surface area contributed by atoms with E-state index in [-0.39, 0.29) is 12.1 Å². The maximum atomic E-state index is 12.7. The minimum atomic E-state index is -0.541. The van der Waals surface area contributed by atoms with Crippen molar-refractivity contribution in [3.63, 3.8) is 0 Å². The number of piperidine rings is 1. The lowest BCUT2D eigenvalue weighted by Gasteiger charge is -2.31. The first-order chi connectivity index (χ1) is 14.7. The molecule has 9 nitrogen and oxygen atoms in total. The van der Waals surface area contributed by atoms with Crippen LogP contribution in [0.25, 0.3) is 5.95 Å². The van der Waals surface area contributed by atoms with Crippen molar-refractivity contribution in [1.29, 1.82) is 0 Å². The van der Waals surface area contributed by atoms with Gasteiger partial charge in [0.05, 0.1) is 18.8 Å². The molecule has 2 N–H and O–H groups in total. The lowest BCUT2D eigenvalue weighted by atomic mass is 9.95. The third kappa shape index (κ3) is 4.74. The molecule has 1 fully saturated rings. The Hall–Kier alpha value is -3.46. The Balaban J connectivity index is 1.54. The molecule has 156 valence electrons. The molecule has 0 radical (unpaired) electrons. The maximum Gasteiger partial charge on any atom is 0.413 e. The van der Waals surface area contributed by atoms with E-state index in [4.69, 9.17) is 9.47 Å². The molecule has 4 rings (SSSR count). The van der Waals surface area contributed by atoms with Gasteiger partial charge < -0.3 is 20.1 Å². The van der Waals surface area contributed by atoms with Gasteiger partial charge in [-0.2, -0.15) is 0 Å². The van der Waals surface area contributed by atoms with Crippen molar-refractivity contribution in [3.8, 4) is 17.4 Å². The zero-order valence-electron chi connectivity index (χ0n) is 16.7. The molecule has 30 heavy (non-hydrogen) atoms. The molecule has 0 saturated carbocycles. The van der Waals surface area contributed by atoms with Crippen LogP contribution in [0.4, 0.5) is 4.79 Å². The molecule has 0 bridgehead atoms. The van der Waals surface area contributed by atoms with Crippen LogP contribution in [0.5, 0.6) is 11.5 Å². The van der Waals surface area contributed by atoms with Gasteiger partial charge in [-0.05, 0) is 49.7 Å². The first-order valence-corrected chi connectivity index (χ1v) is 9.90. The van der Waals surface area contributed by atoms with E-state index in [0.717, 1.165) is 25.8 Å². The monoisotopic (exact) mass is 408 g/mol. The van der Waals surface area contributed by atoms with Gasteiger partial charge in [0, 0.05) is 24.6 Å². The van der Waals surface area contributed by atoms with Crippen molar-refractivity contribution in [2.75, 3.05) is 13.7 Å². The van der Waals surface area contributed by atoms with Crippen LogP contribution in [-0.4, -0.2) is 45.3 Å². The summed E-state index contributed by atoms with van der Waals surface area (Å²) in [5, 5.41) is 6.47. The highest BCUT2D eigenvalue weighted by Gasteiger charge is 2.28. The first kappa shape index (κ1) is 19.8. The Labute approximate surface area is 174 Å². The smallest absolute Gasteiger partial charge is 0.413 e. The summed E-state index contributed by atoms with van der Waals surface area (Å²) >= 11 is 0. The molecule has 3 heterocycles. The Bertz CT molecular complexity index is 955. The normalized spacial score (nSPS) is 17.2. The summed E-state index contributed by atoms with van der Waals surface area (Å²) in [6, 6.07) is 8.36. The molecule has 1 aliphatic heterocycles. The summed E-state index contributed by atoms with van der Waals surface area (Å²) in [5.41, 5.74) is 0.708. The molecule has 2 unspecified atom stereocenters. The second-order valence-electron chi connectivity index (χ2n) is 6.99. The van der Waals surface area contributed by atoms with E-state index in [0.29, 0.717) is 23.1 Å². The molecule has 0 aliphatic carbocycles. The van der Waals surface area contributed by atoms with Gasteiger partial charge >= 0.3 is 6.09 Å². The number of carbonyl (C=O) groups is 1. The minimum absolute atomic E-state index is 0.0488. The van der Waals surface area contributed by atoms with Crippen LogP contribution in [0.15, 0.2) is 55.2 Å². The predicted molar refractivity (Wildman–Crippen MR) is 110 cm³/mol. The second kappa shape index (κ2) is 9.36. The maximum absolute atomic E-state index is 12.7. The number of rotatable bonds is 6. The van der Waals surface area contributed by atoms with Crippen molar-refractivity contribution < 1.29 is 14.3 Å². The summed E-state index contributed by atoms with van der Waals surface area (Å²) in [5.74, 6) is 1.63. The number of hydrogen-bond donors (Lipinski definition) is 2. The van der Waals surface area contributed by atoms with Crippen molar-refractivity contribution in [2.24, 2.45) is 0 Å². The van der Waals surface area contributed by atoms with E-state index >= 15 is 0 Å². The number of methoxy groups -OCH3 is 1. The van der Waals surface area contributed by atoms with Gasteiger partial charge in [-0.15, -0.1) is 0 Å². The van der Waals surface area contributed by atoms with Gasteiger partial charge in [-0.1, -0.05) is 6.42 Å². The number of nitrogens with zero attached hydrogens (tertiary/aromatic N) is 4. The molecular formula is C21H24N6O3. The zero-order valence-corrected chi connectivity index (χ0v) is 16.7. The van der Waals surface area contributed by atoms with E-state index < -0.39 is 6.09 Å². The van der Waals surface area contributed by atoms with E-state index in [1.54, 1.807) is 60.9 Å². The van der Waals surface area contributed by atoms with Crippen LogP contribution in [0, 0.1) is 0 Å². The number of imidazole rings is 1. The number of carbonyl (C=O) groups excluding carboxylic acids is 1. The summed E-state index contributed by atoms with van der Waals surface area (Å²) < 4.78 is 12.3. The molecule has 1 amide bonds. The van der Waals surface area contributed by atoms with Crippen LogP contribution < -0.4 is 20.1 Å². The van der Waals surface area contributed by atoms with Gasteiger partial charge in [0.15, 0.2) is 0 Å². The molecule has 2 atom stereocenters.